The maximum atomic E-state index is 12.1. The van der Waals surface area contributed by atoms with Crippen LogP contribution in [-0.4, -0.2) is 37.7 Å². The predicted molar refractivity (Wildman–Crippen MR) is 87.1 cm³/mol. The highest BCUT2D eigenvalue weighted by atomic mass is 35.5. The van der Waals surface area contributed by atoms with Gasteiger partial charge in [-0.1, -0.05) is 23.8 Å². The molecule has 2 rings (SSSR count). The van der Waals surface area contributed by atoms with Crippen molar-refractivity contribution >= 4 is 18.3 Å². The van der Waals surface area contributed by atoms with Crippen LogP contribution in [0.2, 0.25) is 0 Å². The van der Waals surface area contributed by atoms with E-state index in [1.54, 1.807) is 0 Å². The average molecular weight is 313 g/mol. The molecular weight excluding hydrogens is 288 g/mol. The maximum absolute atomic E-state index is 12.1. The average Bonchev–Trinajstić information content (AvgIpc) is 2.43. The van der Waals surface area contributed by atoms with E-state index in [0.717, 1.165) is 13.0 Å². The third kappa shape index (κ3) is 5.30. The lowest BCUT2D eigenvalue weighted by molar-refractivity contribution is -0.134. The predicted octanol–water partition coefficient (Wildman–Crippen LogP) is 1.76. The molecule has 1 heterocycles. The Morgan fingerprint density at radius 3 is 2.86 bits per heavy atom. The standard InChI is InChI=1S/C16H24N2O2.ClH/c1-11-4-5-14(12(2)8-11)9-13(3)18-16(19)15-10-17-6-7-20-15;/h4-5,8,13,15,17H,6-7,9-10H2,1-3H3,(H,18,19);1H. The monoisotopic (exact) mass is 312 g/mol. The van der Waals surface area contributed by atoms with E-state index >= 15 is 0 Å². The molecule has 0 bridgehead atoms. The van der Waals surface area contributed by atoms with Crippen LogP contribution in [0.15, 0.2) is 18.2 Å². The van der Waals surface area contributed by atoms with Gasteiger partial charge in [-0.25, -0.2) is 0 Å². The van der Waals surface area contributed by atoms with Crippen LogP contribution in [0.1, 0.15) is 23.6 Å². The Hall–Kier alpha value is -1.10. The molecule has 21 heavy (non-hydrogen) atoms. The second-order valence-electron chi connectivity index (χ2n) is 5.61. The van der Waals surface area contributed by atoms with Gasteiger partial charge in [-0.2, -0.15) is 0 Å². The SMILES string of the molecule is Cc1ccc(CC(C)NC(=O)C2CNCCO2)c(C)c1.Cl. The van der Waals surface area contributed by atoms with Gasteiger partial charge < -0.3 is 15.4 Å². The molecule has 2 N–H and O–H groups in total. The first-order chi connectivity index (χ1) is 9.56. The molecule has 1 aliphatic heterocycles. The van der Waals surface area contributed by atoms with E-state index in [2.05, 4.69) is 42.7 Å². The molecule has 0 spiro atoms. The van der Waals surface area contributed by atoms with Crippen LogP contribution in [0.5, 0.6) is 0 Å². The van der Waals surface area contributed by atoms with Crippen molar-refractivity contribution in [2.45, 2.75) is 39.3 Å². The van der Waals surface area contributed by atoms with Crippen LogP contribution in [0.4, 0.5) is 0 Å². The molecule has 0 radical (unpaired) electrons. The van der Waals surface area contributed by atoms with Crippen LogP contribution in [-0.2, 0) is 16.0 Å². The van der Waals surface area contributed by atoms with E-state index in [9.17, 15) is 4.79 Å². The Balaban J connectivity index is 0.00000220. The zero-order chi connectivity index (χ0) is 14.5. The fourth-order valence-corrected chi connectivity index (χ4v) is 2.53. The van der Waals surface area contributed by atoms with Gasteiger partial charge in [0.2, 0.25) is 0 Å². The summed E-state index contributed by atoms with van der Waals surface area (Å²) in [6, 6.07) is 6.55. The van der Waals surface area contributed by atoms with Gasteiger partial charge in [0.05, 0.1) is 6.61 Å². The van der Waals surface area contributed by atoms with Crippen molar-refractivity contribution in [2.75, 3.05) is 19.7 Å². The topological polar surface area (TPSA) is 50.4 Å². The van der Waals surface area contributed by atoms with Crippen LogP contribution >= 0.6 is 12.4 Å². The minimum atomic E-state index is -0.356. The van der Waals surface area contributed by atoms with Crippen molar-refractivity contribution in [3.05, 3.63) is 34.9 Å². The van der Waals surface area contributed by atoms with Gasteiger partial charge in [0, 0.05) is 19.1 Å². The van der Waals surface area contributed by atoms with E-state index < -0.39 is 0 Å². The summed E-state index contributed by atoms with van der Waals surface area (Å²) in [5.74, 6) is -0.0190. The summed E-state index contributed by atoms with van der Waals surface area (Å²) in [4.78, 5) is 12.1. The molecule has 0 aliphatic carbocycles. The molecule has 2 atom stereocenters. The first-order valence-corrected chi connectivity index (χ1v) is 7.25. The normalized spacial score (nSPS) is 19.5. The van der Waals surface area contributed by atoms with E-state index in [4.69, 9.17) is 4.74 Å². The zero-order valence-electron chi connectivity index (χ0n) is 12.9. The van der Waals surface area contributed by atoms with Crippen molar-refractivity contribution in [3.8, 4) is 0 Å². The first kappa shape index (κ1) is 18.0. The number of benzene rings is 1. The molecule has 1 aliphatic rings. The number of rotatable bonds is 4. The van der Waals surface area contributed by atoms with Gasteiger partial charge in [0.1, 0.15) is 6.10 Å². The summed E-state index contributed by atoms with van der Waals surface area (Å²) in [7, 11) is 0. The second-order valence-corrected chi connectivity index (χ2v) is 5.61. The maximum Gasteiger partial charge on any atom is 0.250 e. The van der Waals surface area contributed by atoms with E-state index in [1.807, 2.05) is 6.92 Å². The highest BCUT2D eigenvalue weighted by molar-refractivity contribution is 5.85. The number of halogens is 1. The molecule has 1 aromatic rings. The highest BCUT2D eigenvalue weighted by Crippen LogP contribution is 2.12. The Labute approximate surface area is 133 Å². The van der Waals surface area contributed by atoms with Crippen LogP contribution in [0, 0.1) is 13.8 Å². The molecule has 4 nitrogen and oxygen atoms in total. The van der Waals surface area contributed by atoms with Gasteiger partial charge >= 0.3 is 0 Å². The molecule has 1 amide bonds. The van der Waals surface area contributed by atoms with E-state index in [-0.39, 0.29) is 30.5 Å². The van der Waals surface area contributed by atoms with Crippen LogP contribution in [0.3, 0.4) is 0 Å². The number of morpholine rings is 1. The van der Waals surface area contributed by atoms with Crippen molar-refractivity contribution in [1.29, 1.82) is 0 Å². The van der Waals surface area contributed by atoms with Gasteiger partial charge in [0.15, 0.2) is 0 Å². The number of ether oxygens (including phenoxy) is 1. The van der Waals surface area contributed by atoms with E-state index in [0.29, 0.717) is 13.2 Å². The van der Waals surface area contributed by atoms with Gasteiger partial charge in [-0.05, 0) is 38.3 Å². The van der Waals surface area contributed by atoms with Gasteiger partial charge in [-0.3, -0.25) is 4.79 Å². The minimum Gasteiger partial charge on any atom is -0.366 e. The van der Waals surface area contributed by atoms with Crippen molar-refractivity contribution in [3.63, 3.8) is 0 Å². The lowest BCUT2D eigenvalue weighted by Crippen LogP contribution is -2.50. The summed E-state index contributed by atoms with van der Waals surface area (Å²) >= 11 is 0. The summed E-state index contributed by atoms with van der Waals surface area (Å²) in [6.45, 7) is 8.27. The summed E-state index contributed by atoms with van der Waals surface area (Å²) in [5.41, 5.74) is 3.83. The Morgan fingerprint density at radius 1 is 1.48 bits per heavy atom. The molecule has 5 heteroatoms. The van der Waals surface area contributed by atoms with Crippen LogP contribution < -0.4 is 10.6 Å². The smallest absolute Gasteiger partial charge is 0.250 e. The lowest BCUT2D eigenvalue weighted by atomic mass is 10.00. The fourth-order valence-electron chi connectivity index (χ4n) is 2.53. The molecule has 118 valence electrons. The Bertz CT molecular complexity index is 473. The number of hydrogen-bond donors (Lipinski definition) is 2. The summed E-state index contributed by atoms with van der Waals surface area (Å²) in [6.07, 6.45) is 0.489. The van der Waals surface area contributed by atoms with E-state index in [1.165, 1.54) is 16.7 Å². The number of nitrogens with one attached hydrogen (secondary N) is 2. The number of hydrogen-bond acceptors (Lipinski definition) is 3. The second kappa shape index (κ2) is 8.37. The minimum absolute atomic E-state index is 0. The summed E-state index contributed by atoms with van der Waals surface area (Å²) in [5, 5.41) is 6.20. The van der Waals surface area contributed by atoms with Crippen molar-refractivity contribution < 1.29 is 9.53 Å². The molecule has 1 fully saturated rings. The molecule has 2 unspecified atom stereocenters. The number of aryl methyl sites for hydroxylation is 2. The number of carbonyl (C=O) groups excluding carboxylic acids is 1. The van der Waals surface area contributed by atoms with Gasteiger partial charge in [0.25, 0.3) is 5.91 Å². The molecular formula is C16H25ClN2O2. The lowest BCUT2D eigenvalue weighted by Gasteiger charge is -2.24. The quantitative estimate of drug-likeness (QED) is 0.891. The molecule has 1 saturated heterocycles. The molecule has 0 saturated carbocycles. The number of amides is 1. The first-order valence-electron chi connectivity index (χ1n) is 7.25. The number of carbonyl (C=O) groups is 1. The Kier molecular flexibility index (Phi) is 7.15. The highest BCUT2D eigenvalue weighted by Gasteiger charge is 2.22. The van der Waals surface area contributed by atoms with Crippen LogP contribution in [0.25, 0.3) is 0 Å². The molecule has 1 aromatic carbocycles. The fraction of sp³-hybridized carbons (Fsp3) is 0.562. The van der Waals surface area contributed by atoms with Crippen molar-refractivity contribution in [1.82, 2.24) is 10.6 Å². The Morgan fingerprint density at radius 2 is 2.24 bits per heavy atom. The third-order valence-corrected chi connectivity index (χ3v) is 3.63. The molecule has 0 aromatic heterocycles. The third-order valence-electron chi connectivity index (χ3n) is 3.63. The largest absolute Gasteiger partial charge is 0.366 e. The summed E-state index contributed by atoms with van der Waals surface area (Å²) < 4.78 is 5.46. The zero-order valence-corrected chi connectivity index (χ0v) is 13.8. The van der Waals surface area contributed by atoms with Crippen molar-refractivity contribution in [2.24, 2.45) is 0 Å². The van der Waals surface area contributed by atoms with Gasteiger partial charge in [-0.15, -0.1) is 12.4 Å².